The second-order valence-electron chi connectivity index (χ2n) is 3.44. The van der Waals surface area contributed by atoms with Crippen molar-refractivity contribution >= 4 is 21.6 Å². The van der Waals surface area contributed by atoms with Crippen molar-refractivity contribution in [1.29, 1.82) is 0 Å². The molecule has 0 aliphatic heterocycles. The minimum atomic E-state index is -0.304. The predicted molar refractivity (Wildman–Crippen MR) is 68.1 cm³/mol. The lowest BCUT2D eigenvalue weighted by Crippen LogP contribution is -2.18. The van der Waals surface area contributed by atoms with Gasteiger partial charge >= 0.3 is 5.56 Å². The van der Waals surface area contributed by atoms with Gasteiger partial charge in [0.15, 0.2) is 0 Å². The van der Waals surface area contributed by atoms with E-state index in [4.69, 9.17) is 10.5 Å². The maximum Gasteiger partial charge on any atom is 0.313 e. The zero-order valence-corrected chi connectivity index (χ0v) is 10.6. The summed E-state index contributed by atoms with van der Waals surface area (Å²) in [4.78, 5) is 15.6. The van der Waals surface area contributed by atoms with Crippen LogP contribution in [0, 0.1) is 0 Å². The molecule has 0 atom stereocenters. The van der Waals surface area contributed by atoms with Crippen molar-refractivity contribution in [3.8, 4) is 11.6 Å². The van der Waals surface area contributed by atoms with Crippen LogP contribution in [0.3, 0.4) is 0 Å². The van der Waals surface area contributed by atoms with Crippen LogP contribution < -0.4 is 16.0 Å². The number of rotatable bonds is 2. The monoisotopic (exact) mass is 295 g/mol. The summed E-state index contributed by atoms with van der Waals surface area (Å²) in [5, 5.41) is 0. The van der Waals surface area contributed by atoms with E-state index in [1.54, 1.807) is 31.4 Å². The summed E-state index contributed by atoms with van der Waals surface area (Å²) in [5.74, 6) is 0.474. The van der Waals surface area contributed by atoms with Crippen molar-refractivity contribution in [3.05, 3.63) is 45.4 Å². The van der Waals surface area contributed by atoms with Crippen LogP contribution >= 0.6 is 15.9 Å². The fourth-order valence-corrected chi connectivity index (χ4v) is 1.57. The van der Waals surface area contributed by atoms with Crippen molar-refractivity contribution < 1.29 is 4.74 Å². The van der Waals surface area contributed by atoms with Gasteiger partial charge in [0.1, 0.15) is 5.75 Å². The van der Waals surface area contributed by atoms with Gasteiger partial charge in [-0.3, -0.25) is 4.79 Å². The van der Waals surface area contributed by atoms with Crippen molar-refractivity contribution in [2.24, 2.45) is 7.05 Å². The third kappa shape index (κ3) is 2.47. The molecule has 2 rings (SSSR count). The second kappa shape index (κ2) is 4.58. The Morgan fingerprint density at radius 3 is 3.00 bits per heavy atom. The first-order valence-electron chi connectivity index (χ1n) is 4.82. The van der Waals surface area contributed by atoms with Gasteiger partial charge in [0.25, 0.3) is 5.88 Å². The van der Waals surface area contributed by atoms with Gasteiger partial charge in [-0.15, -0.1) is 0 Å². The van der Waals surface area contributed by atoms with Crippen LogP contribution in [-0.2, 0) is 7.05 Å². The number of ether oxygens (including phenoxy) is 1. The fourth-order valence-electron chi connectivity index (χ4n) is 1.25. The number of anilines is 1. The average molecular weight is 296 g/mol. The summed E-state index contributed by atoms with van der Waals surface area (Å²) in [7, 11) is 1.63. The van der Waals surface area contributed by atoms with Crippen LogP contribution in [0.1, 0.15) is 0 Å². The van der Waals surface area contributed by atoms with E-state index in [2.05, 4.69) is 20.9 Å². The number of nitrogens with zero attached hydrogens (tertiary/aromatic N) is 2. The Bertz CT molecular complexity index is 610. The minimum Gasteiger partial charge on any atom is -0.433 e. The van der Waals surface area contributed by atoms with Crippen LogP contribution in [0.15, 0.2) is 39.9 Å². The maximum absolute atomic E-state index is 11.7. The molecule has 0 aliphatic carbocycles. The third-order valence-corrected chi connectivity index (χ3v) is 2.80. The van der Waals surface area contributed by atoms with E-state index >= 15 is 0 Å². The van der Waals surface area contributed by atoms with Crippen molar-refractivity contribution in [2.75, 3.05) is 5.73 Å². The smallest absolute Gasteiger partial charge is 0.313 e. The highest BCUT2D eigenvalue weighted by Gasteiger charge is 2.08. The summed E-state index contributed by atoms with van der Waals surface area (Å²) < 4.78 is 7.53. The van der Waals surface area contributed by atoms with Crippen LogP contribution in [0.4, 0.5) is 5.69 Å². The van der Waals surface area contributed by atoms with E-state index in [1.165, 1.54) is 10.8 Å². The lowest BCUT2D eigenvalue weighted by atomic mass is 10.3. The molecule has 0 bridgehead atoms. The molecule has 6 heteroatoms. The van der Waals surface area contributed by atoms with E-state index in [0.717, 1.165) is 0 Å². The molecule has 0 unspecified atom stereocenters. The van der Waals surface area contributed by atoms with Crippen LogP contribution in [0.25, 0.3) is 0 Å². The number of aryl methyl sites for hydroxylation is 1. The summed E-state index contributed by atoms with van der Waals surface area (Å²) >= 11 is 3.31. The average Bonchev–Trinajstić information content (AvgIpc) is 2.30. The summed E-state index contributed by atoms with van der Waals surface area (Å²) in [6.45, 7) is 0. The standard InChI is InChI=1S/C11H10BrN3O2/c1-15-5-4-14-10(11(15)16)17-9-6-7(13)2-3-8(9)12/h2-6H,13H2,1H3. The topological polar surface area (TPSA) is 70.1 Å². The minimum absolute atomic E-state index is 0.0151. The van der Waals surface area contributed by atoms with Gasteiger partial charge in [0.05, 0.1) is 4.47 Å². The molecule has 5 nitrogen and oxygen atoms in total. The van der Waals surface area contributed by atoms with Gasteiger partial charge in [-0.2, -0.15) is 0 Å². The van der Waals surface area contributed by atoms with Crippen LogP contribution in [0.2, 0.25) is 0 Å². The molecule has 1 aromatic heterocycles. The number of hydrogen-bond donors (Lipinski definition) is 1. The Balaban J connectivity index is 2.41. The maximum atomic E-state index is 11.7. The van der Waals surface area contributed by atoms with Gasteiger partial charge in [0, 0.05) is 31.2 Å². The van der Waals surface area contributed by atoms with E-state index in [1.807, 2.05) is 0 Å². The molecular formula is C11H10BrN3O2. The Morgan fingerprint density at radius 2 is 2.24 bits per heavy atom. The van der Waals surface area contributed by atoms with Gasteiger partial charge in [-0.25, -0.2) is 4.98 Å². The van der Waals surface area contributed by atoms with Crippen LogP contribution in [0.5, 0.6) is 11.6 Å². The highest BCUT2D eigenvalue weighted by Crippen LogP contribution is 2.29. The SMILES string of the molecule is Cn1ccnc(Oc2cc(N)ccc2Br)c1=O. The number of hydrogen-bond acceptors (Lipinski definition) is 4. The molecule has 0 radical (unpaired) electrons. The fraction of sp³-hybridized carbons (Fsp3) is 0.0909. The van der Waals surface area contributed by atoms with Crippen molar-refractivity contribution in [3.63, 3.8) is 0 Å². The normalized spacial score (nSPS) is 10.2. The Hall–Kier alpha value is -1.82. The molecule has 1 aromatic carbocycles. The first-order valence-corrected chi connectivity index (χ1v) is 5.62. The Kier molecular flexibility index (Phi) is 3.14. The van der Waals surface area contributed by atoms with E-state index in [-0.39, 0.29) is 11.4 Å². The summed E-state index contributed by atoms with van der Waals surface area (Å²) in [6, 6.07) is 5.10. The molecular weight excluding hydrogens is 286 g/mol. The predicted octanol–water partition coefficient (Wildman–Crippen LogP) is 1.92. The molecule has 0 amide bonds. The molecule has 1 heterocycles. The van der Waals surface area contributed by atoms with Crippen molar-refractivity contribution in [2.45, 2.75) is 0 Å². The lowest BCUT2D eigenvalue weighted by molar-refractivity contribution is 0.446. The molecule has 0 spiro atoms. The van der Waals surface area contributed by atoms with Gasteiger partial charge in [0.2, 0.25) is 0 Å². The molecule has 0 saturated heterocycles. The Labute approximate surface area is 106 Å². The zero-order chi connectivity index (χ0) is 12.4. The summed E-state index contributed by atoms with van der Waals surface area (Å²) in [5.41, 5.74) is 5.89. The van der Waals surface area contributed by atoms with Crippen molar-refractivity contribution in [1.82, 2.24) is 9.55 Å². The molecule has 2 N–H and O–H groups in total. The number of benzene rings is 1. The first-order chi connectivity index (χ1) is 8.08. The summed E-state index contributed by atoms with van der Waals surface area (Å²) in [6.07, 6.45) is 3.06. The van der Waals surface area contributed by atoms with E-state index in [0.29, 0.717) is 15.9 Å². The lowest BCUT2D eigenvalue weighted by Gasteiger charge is -2.07. The van der Waals surface area contributed by atoms with Crippen LogP contribution in [-0.4, -0.2) is 9.55 Å². The molecule has 17 heavy (non-hydrogen) atoms. The highest BCUT2D eigenvalue weighted by atomic mass is 79.9. The Morgan fingerprint density at radius 1 is 1.47 bits per heavy atom. The molecule has 0 aliphatic rings. The quantitative estimate of drug-likeness (QED) is 0.859. The third-order valence-electron chi connectivity index (χ3n) is 2.15. The molecule has 0 saturated carbocycles. The zero-order valence-electron chi connectivity index (χ0n) is 9.05. The second-order valence-corrected chi connectivity index (χ2v) is 4.29. The highest BCUT2D eigenvalue weighted by molar-refractivity contribution is 9.10. The number of nitrogen functional groups attached to an aromatic ring is 1. The molecule has 2 aromatic rings. The largest absolute Gasteiger partial charge is 0.433 e. The van der Waals surface area contributed by atoms with E-state index in [9.17, 15) is 4.79 Å². The first kappa shape index (κ1) is 11.7. The van der Waals surface area contributed by atoms with Gasteiger partial charge in [-0.1, -0.05) is 0 Å². The number of halogens is 1. The van der Waals surface area contributed by atoms with Gasteiger partial charge < -0.3 is 15.0 Å². The number of nitrogens with two attached hydrogens (primary N) is 1. The number of aromatic nitrogens is 2. The molecule has 88 valence electrons. The van der Waals surface area contributed by atoms with E-state index < -0.39 is 0 Å². The van der Waals surface area contributed by atoms with Gasteiger partial charge in [-0.05, 0) is 28.1 Å². The molecule has 0 fully saturated rings.